The molecule has 0 spiro atoms. The lowest BCUT2D eigenvalue weighted by atomic mass is 10.1. The van der Waals surface area contributed by atoms with Crippen molar-refractivity contribution in [1.29, 1.82) is 0 Å². The molecule has 8 heteroatoms. The van der Waals surface area contributed by atoms with Crippen molar-refractivity contribution in [2.24, 2.45) is 0 Å². The normalized spacial score (nSPS) is 28.1. The molecule has 0 saturated carbocycles. The largest absolute Gasteiger partial charge is 0.394 e. The predicted octanol–water partition coefficient (Wildman–Crippen LogP) is 0.190. The van der Waals surface area contributed by atoms with Gasteiger partial charge in [0.2, 0.25) is 0 Å². The van der Waals surface area contributed by atoms with Crippen molar-refractivity contribution < 1.29 is 14.9 Å². The predicted molar refractivity (Wildman–Crippen MR) is 62.0 cm³/mol. The van der Waals surface area contributed by atoms with Crippen LogP contribution in [-0.2, 0) is 4.74 Å². The number of H-pyrrole nitrogens is 1. The quantitative estimate of drug-likeness (QED) is 0.673. The number of fused-ring (bicyclic) bond motifs is 1. The van der Waals surface area contributed by atoms with E-state index >= 15 is 0 Å². The van der Waals surface area contributed by atoms with Crippen LogP contribution in [0.1, 0.15) is 18.3 Å². The number of aliphatic hydroxyl groups is 2. The van der Waals surface area contributed by atoms with E-state index in [1.54, 1.807) is 0 Å². The van der Waals surface area contributed by atoms with Gasteiger partial charge >= 0.3 is 0 Å². The summed E-state index contributed by atoms with van der Waals surface area (Å²) in [7, 11) is 0. The lowest BCUT2D eigenvalue weighted by Crippen LogP contribution is -2.13. The number of aromatic nitrogens is 4. The SMILES string of the molecule is OC[C@@H]1C[C@@H](O)[C@H](c2nc3ncnc(Cl)c3[nH]2)O1. The molecule has 18 heavy (non-hydrogen) atoms. The fourth-order valence-corrected chi connectivity index (χ4v) is 2.24. The van der Waals surface area contributed by atoms with E-state index in [4.69, 9.17) is 21.4 Å². The van der Waals surface area contributed by atoms with Gasteiger partial charge in [-0.25, -0.2) is 15.0 Å². The first-order chi connectivity index (χ1) is 8.69. The molecule has 3 heterocycles. The van der Waals surface area contributed by atoms with E-state index in [-0.39, 0.29) is 17.9 Å². The molecule has 1 fully saturated rings. The lowest BCUT2D eigenvalue weighted by Gasteiger charge is -2.10. The molecule has 2 aromatic rings. The van der Waals surface area contributed by atoms with Crippen LogP contribution in [-0.4, -0.2) is 49.0 Å². The third kappa shape index (κ3) is 1.85. The number of aliphatic hydroxyl groups excluding tert-OH is 2. The van der Waals surface area contributed by atoms with Gasteiger partial charge in [-0.15, -0.1) is 0 Å². The maximum absolute atomic E-state index is 9.87. The molecule has 1 saturated heterocycles. The highest BCUT2D eigenvalue weighted by atomic mass is 35.5. The fraction of sp³-hybridized carbons (Fsp3) is 0.500. The zero-order valence-electron chi connectivity index (χ0n) is 9.25. The number of imidazole rings is 1. The van der Waals surface area contributed by atoms with Crippen LogP contribution in [0.4, 0.5) is 0 Å². The van der Waals surface area contributed by atoms with Gasteiger partial charge in [0.15, 0.2) is 10.8 Å². The van der Waals surface area contributed by atoms with Gasteiger partial charge in [0.05, 0.1) is 18.8 Å². The summed E-state index contributed by atoms with van der Waals surface area (Å²) in [4.78, 5) is 15.0. The summed E-state index contributed by atoms with van der Waals surface area (Å²) in [6.45, 7) is -0.131. The lowest BCUT2D eigenvalue weighted by molar-refractivity contribution is -0.0146. The first kappa shape index (κ1) is 11.8. The summed E-state index contributed by atoms with van der Waals surface area (Å²) < 4.78 is 5.49. The third-order valence-corrected chi connectivity index (χ3v) is 3.21. The Morgan fingerprint density at radius 2 is 2.33 bits per heavy atom. The van der Waals surface area contributed by atoms with Gasteiger partial charge in [-0.05, 0) is 0 Å². The summed E-state index contributed by atoms with van der Waals surface area (Å²) in [6, 6.07) is 0. The second-order valence-electron chi connectivity index (χ2n) is 4.15. The molecular weight excluding hydrogens is 260 g/mol. The molecule has 3 atom stereocenters. The van der Waals surface area contributed by atoms with Crippen molar-refractivity contribution >= 4 is 22.8 Å². The highest BCUT2D eigenvalue weighted by Crippen LogP contribution is 2.32. The van der Waals surface area contributed by atoms with Crippen LogP contribution in [0, 0.1) is 0 Å². The van der Waals surface area contributed by atoms with Crippen LogP contribution in [0.5, 0.6) is 0 Å². The number of ether oxygens (including phenoxy) is 1. The van der Waals surface area contributed by atoms with Crippen LogP contribution in [0.25, 0.3) is 11.2 Å². The van der Waals surface area contributed by atoms with E-state index in [1.807, 2.05) is 0 Å². The number of aromatic amines is 1. The molecule has 1 aliphatic heterocycles. The summed E-state index contributed by atoms with van der Waals surface area (Å²) in [5, 5.41) is 19.2. The number of halogens is 1. The van der Waals surface area contributed by atoms with Crippen molar-refractivity contribution in [3.8, 4) is 0 Å². The average Bonchev–Trinajstić information content (AvgIpc) is 2.93. The van der Waals surface area contributed by atoms with Gasteiger partial charge in [-0.1, -0.05) is 11.6 Å². The average molecular weight is 271 g/mol. The Bertz CT molecular complexity index is 575. The van der Waals surface area contributed by atoms with Crippen LogP contribution in [0.15, 0.2) is 6.33 Å². The summed E-state index contributed by atoms with van der Waals surface area (Å²) in [5.41, 5.74) is 0.936. The van der Waals surface area contributed by atoms with Gasteiger partial charge < -0.3 is 19.9 Å². The van der Waals surface area contributed by atoms with Crippen molar-refractivity contribution in [2.45, 2.75) is 24.7 Å². The van der Waals surface area contributed by atoms with Gasteiger partial charge in [-0.2, -0.15) is 0 Å². The smallest absolute Gasteiger partial charge is 0.182 e. The Morgan fingerprint density at radius 3 is 3.00 bits per heavy atom. The van der Waals surface area contributed by atoms with Crippen molar-refractivity contribution in [3.63, 3.8) is 0 Å². The van der Waals surface area contributed by atoms with Crippen molar-refractivity contribution in [1.82, 2.24) is 19.9 Å². The monoisotopic (exact) mass is 270 g/mol. The van der Waals surface area contributed by atoms with E-state index in [9.17, 15) is 5.11 Å². The zero-order valence-corrected chi connectivity index (χ0v) is 10.0. The van der Waals surface area contributed by atoms with E-state index in [0.717, 1.165) is 0 Å². The minimum Gasteiger partial charge on any atom is -0.394 e. The Labute approximate surface area is 107 Å². The fourth-order valence-electron chi connectivity index (χ4n) is 2.06. The second-order valence-corrected chi connectivity index (χ2v) is 4.51. The summed E-state index contributed by atoms with van der Waals surface area (Å²) in [5.74, 6) is 0.441. The van der Waals surface area contributed by atoms with Gasteiger partial charge in [0.1, 0.15) is 23.8 Å². The zero-order chi connectivity index (χ0) is 12.7. The maximum Gasteiger partial charge on any atom is 0.182 e. The Kier molecular flexibility index (Phi) is 2.90. The van der Waals surface area contributed by atoms with Gasteiger partial charge in [0, 0.05) is 6.42 Å². The first-order valence-electron chi connectivity index (χ1n) is 5.49. The molecule has 0 aromatic carbocycles. The second kappa shape index (κ2) is 4.43. The Morgan fingerprint density at radius 1 is 1.50 bits per heavy atom. The first-order valence-corrected chi connectivity index (χ1v) is 5.87. The highest BCUT2D eigenvalue weighted by molar-refractivity contribution is 6.33. The van der Waals surface area contributed by atoms with Gasteiger partial charge in [0.25, 0.3) is 0 Å². The Hall–Kier alpha value is -1.28. The minimum absolute atomic E-state index is 0.131. The molecule has 0 amide bonds. The van der Waals surface area contributed by atoms with Crippen LogP contribution in [0.3, 0.4) is 0 Å². The van der Waals surface area contributed by atoms with Crippen LogP contribution >= 0.6 is 11.6 Å². The van der Waals surface area contributed by atoms with Gasteiger partial charge in [-0.3, -0.25) is 0 Å². The number of hydrogen-bond donors (Lipinski definition) is 3. The summed E-state index contributed by atoms with van der Waals surface area (Å²) in [6.07, 6.45) is -0.00308. The molecule has 96 valence electrons. The Balaban J connectivity index is 1.97. The molecule has 7 nitrogen and oxygen atoms in total. The molecule has 3 N–H and O–H groups in total. The molecule has 3 rings (SSSR count). The van der Waals surface area contributed by atoms with Crippen molar-refractivity contribution in [2.75, 3.05) is 6.61 Å². The van der Waals surface area contributed by atoms with Crippen molar-refractivity contribution in [3.05, 3.63) is 17.3 Å². The third-order valence-electron chi connectivity index (χ3n) is 2.93. The number of hydrogen-bond acceptors (Lipinski definition) is 6. The van der Waals surface area contributed by atoms with Crippen LogP contribution in [0.2, 0.25) is 5.15 Å². The van der Waals surface area contributed by atoms with E-state index < -0.39 is 12.2 Å². The van der Waals surface area contributed by atoms with E-state index in [0.29, 0.717) is 23.4 Å². The standard InChI is InChI=1S/C10H11ClN4O3/c11-8-6-9(13-3-12-8)15-10(14-6)7-5(17)1-4(2-16)18-7/h3-5,7,16-17H,1-2H2,(H,12,13,14,15)/t4-,5+,7+/m0/s1. The molecule has 0 unspecified atom stereocenters. The molecule has 2 aromatic heterocycles. The van der Waals surface area contributed by atoms with E-state index in [1.165, 1.54) is 6.33 Å². The number of nitrogens with zero attached hydrogens (tertiary/aromatic N) is 3. The molecular formula is C10H11ClN4O3. The topological polar surface area (TPSA) is 104 Å². The number of rotatable bonds is 2. The highest BCUT2D eigenvalue weighted by Gasteiger charge is 2.36. The van der Waals surface area contributed by atoms with E-state index in [2.05, 4.69) is 19.9 Å². The molecule has 0 radical (unpaired) electrons. The molecule has 0 aliphatic carbocycles. The van der Waals surface area contributed by atoms with Crippen LogP contribution < -0.4 is 0 Å². The summed E-state index contributed by atoms with van der Waals surface area (Å²) >= 11 is 5.90. The maximum atomic E-state index is 9.87. The molecule has 0 bridgehead atoms. The molecule has 1 aliphatic rings. The number of nitrogens with one attached hydrogen (secondary N) is 1. The minimum atomic E-state index is -0.713.